The molecular weight excluding hydrogens is 177 g/mol. The van der Waals surface area contributed by atoms with Crippen LogP contribution < -0.4 is 5.73 Å². The van der Waals surface area contributed by atoms with Crippen LogP contribution in [0.25, 0.3) is 0 Å². The minimum Gasteiger partial charge on any atom is -0.322 e. The molecule has 1 aliphatic carbocycles. The maximum absolute atomic E-state index is 14.0. The Morgan fingerprint density at radius 1 is 1.29 bits per heavy atom. The summed E-state index contributed by atoms with van der Waals surface area (Å²) in [5.74, 6) is -0.0764. The molecule has 76 valence electrons. The minimum atomic E-state index is -0.582. The number of benzene rings is 1. The zero-order valence-electron chi connectivity index (χ0n) is 8.73. The van der Waals surface area contributed by atoms with Gasteiger partial charge in [-0.1, -0.05) is 12.1 Å². The first kappa shape index (κ1) is 9.66. The minimum absolute atomic E-state index is 0.0764. The summed E-state index contributed by atoms with van der Waals surface area (Å²) in [5.41, 5.74) is 8.02. The highest BCUT2D eigenvalue weighted by Gasteiger charge is 2.24. The van der Waals surface area contributed by atoms with Crippen LogP contribution >= 0.6 is 0 Å². The largest absolute Gasteiger partial charge is 0.322 e. The Bertz CT molecular complexity index is 363. The van der Waals surface area contributed by atoms with Crippen LogP contribution in [0.1, 0.15) is 37.0 Å². The molecule has 0 saturated heterocycles. The molecule has 0 unspecified atom stereocenters. The van der Waals surface area contributed by atoms with Crippen molar-refractivity contribution in [3.63, 3.8) is 0 Å². The molecule has 2 N–H and O–H groups in total. The van der Waals surface area contributed by atoms with Crippen molar-refractivity contribution >= 4 is 0 Å². The highest BCUT2D eigenvalue weighted by Crippen LogP contribution is 2.30. The third-order valence-corrected chi connectivity index (χ3v) is 2.91. The smallest absolute Gasteiger partial charge is 0.131 e. The molecule has 2 heteroatoms. The molecule has 1 aliphatic rings. The van der Waals surface area contributed by atoms with Gasteiger partial charge in [0.1, 0.15) is 5.82 Å². The normalized spacial score (nSPS) is 15.7. The fraction of sp³-hybridized carbons (Fsp3) is 0.500. The molecule has 0 spiro atoms. The van der Waals surface area contributed by atoms with Gasteiger partial charge in [-0.2, -0.15) is 0 Å². The molecule has 0 aromatic heterocycles. The molecule has 0 bridgehead atoms. The first-order valence-electron chi connectivity index (χ1n) is 5.10. The van der Waals surface area contributed by atoms with Crippen LogP contribution in [0.3, 0.4) is 0 Å². The maximum Gasteiger partial charge on any atom is 0.131 e. The van der Waals surface area contributed by atoms with E-state index < -0.39 is 5.54 Å². The molecule has 0 heterocycles. The van der Waals surface area contributed by atoms with Gasteiger partial charge >= 0.3 is 0 Å². The van der Waals surface area contributed by atoms with Gasteiger partial charge in [-0.25, -0.2) is 4.39 Å². The molecule has 1 nitrogen and oxygen atoms in total. The molecule has 0 radical (unpaired) electrons. The third kappa shape index (κ3) is 1.44. The summed E-state index contributed by atoms with van der Waals surface area (Å²) in [7, 11) is 0. The SMILES string of the molecule is CC(C)(N)c1ccc2c(c1F)CCC2. The molecule has 1 aromatic rings. The Morgan fingerprint density at radius 2 is 2.00 bits per heavy atom. The van der Waals surface area contributed by atoms with Gasteiger partial charge < -0.3 is 5.73 Å². The van der Waals surface area contributed by atoms with Gasteiger partial charge in [0.15, 0.2) is 0 Å². The van der Waals surface area contributed by atoms with E-state index in [1.54, 1.807) is 0 Å². The summed E-state index contributed by atoms with van der Waals surface area (Å²) in [4.78, 5) is 0. The summed E-state index contributed by atoms with van der Waals surface area (Å²) in [6, 6.07) is 3.86. The number of rotatable bonds is 1. The van der Waals surface area contributed by atoms with Crippen molar-refractivity contribution in [2.75, 3.05) is 0 Å². The zero-order valence-corrected chi connectivity index (χ0v) is 8.73. The van der Waals surface area contributed by atoms with Crippen molar-refractivity contribution in [1.82, 2.24) is 0 Å². The third-order valence-electron chi connectivity index (χ3n) is 2.91. The Morgan fingerprint density at radius 3 is 2.64 bits per heavy atom. The van der Waals surface area contributed by atoms with Crippen molar-refractivity contribution in [1.29, 1.82) is 0 Å². The fourth-order valence-corrected chi connectivity index (χ4v) is 2.12. The lowest BCUT2D eigenvalue weighted by Gasteiger charge is -2.21. The zero-order chi connectivity index (χ0) is 10.3. The Labute approximate surface area is 84.1 Å². The van der Waals surface area contributed by atoms with Crippen LogP contribution in [-0.4, -0.2) is 0 Å². The predicted molar refractivity (Wildman–Crippen MR) is 55.6 cm³/mol. The van der Waals surface area contributed by atoms with E-state index in [2.05, 4.69) is 0 Å². The van der Waals surface area contributed by atoms with E-state index >= 15 is 0 Å². The molecular formula is C12H16FN. The predicted octanol–water partition coefficient (Wildman–Crippen LogP) is 2.51. The van der Waals surface area contributed by atoms with Crippen molar-refractivity contribution in [2.45, 2.75) is 38.6 Å². The van der Waals surface area contributed by atoms with E-state index in [0.717, 1.165) is 30.4 Å². The first-order chi connectivity index (χ1) is 6.50. The van der Waals surface area contributed by atoms with Gasteiger partial charge in [-0.3, -0.25) is 0 Å². The Hall–Kier alpha value is -0.890. The van der Waals surface area contributed by atoms with E-state index in [-0.39, 0.29) is 5.82 Å². The summed E-state index contributed by atoms with van der Waals surface area (Å²) >= 11 is 0. The molecule has 2 rings (SSSR count). The highest BCUT2D eigenvalue weighted by atomic mass is 19.1. The van der Waals surface area contributed by atoms with Crippen LogP contribution in [0.4, 0.5) is 4.39 Å². The van der Waals surface area contributed by atoms with Crippen LogP contribution in [0, 0.1) is 5.82 Å². The van der Waals surface area contributed by atoms with Crippen molar-refractivity contribution in [2.24, 2.45) is 5.73 Å². The van der Waals surface area contributed by atoms with Gasteiger partial charge in [0.25, 0.3) is 0 Å². The van der Waals surface area contributed by atoms with Crippen molar-refractivity contribution in [3.05, 3.63) is 34.6 Å². The van der Waals surface area contributed by atoms with Crippen molar-refractivity contribution < 1.29 is 4.39 Å². The number of hydrogen-bond donors (Lipinski definition) is 1. The molecule has 0 aliphatic heterocycles. The van der Waals surface area contributed by atoms with Gasteiger partial charge in [-0.15, -0.1) is 0 Å². The Balaban J connectivity index is 2.56. The van der Waals surface area contributed by atoms with Gasteiger partial charge in [0.2, 0.25) is 0 Å². The second-order valence-electron chi connectivity index (χ2n) is 4.64. The lowest BCUT2D eigenvalue weighted by atomic mass is 9.92. The van der Waals surface area contributed by atoms with E-state index in [9.17, 15) is 4.39 Å². The number of nitrogens with two attached hydrogens (primary N) is 1. The lowest BCUT2D eigenvalue weighted by molar-refractivity contribution is 0.496. The first-order valence-corrected chi connectivity index (χ1v) is 5.10. The standard InChI is InChI=1S/C12H16FN/c1-12(2,14)10-7-6-8-4-3-5-9(8)11(10)13/h6-7H,3-5,14H2,1-2H3. The molecule has 0 fully saturated rings. The quantitative estimate of drug-likeness (QED) is 0.728. The summed E-state index contributed by atoms with van der Waals surface area (Å²) in [5, 5.41) is 0. The summed E-state index contributed by atoms with van der Waals surface area (Å²) in [6.07, 6.45) is 2.95. The van der Waals surface area contributed by atoms with Crippen LogP contribution in [0.2, 0.25) is 0 Å². The number of hydrogen-bond acceptors (Lipinski definition) is 1. The van der Waals surface area contributed by atoms with Crippen LogP contribution in [-0.2, 0) is 18.4 Å². The second-order valence-corrected chi connectivity index (χ2v) is 4.64. The molecule has 14 heavy (non-hydrogen) atoms. The topological polar surface area (TPSA) is 26.0 Å². The summed E-state index contributed by atoms with van der Waals surface area (Å²) < 4.78 is 14.0. The maximum atomic E-state index is 14.0. The highest BCUT2D eigenvalue weighted by molar-refractivity contribution is 5.39. The number of aryl methyl sites for hydroxylation is 1. The molecule has 0 saturated carbocycles. The van der Waals surface area contributed by atoms with Crippen LogP contribution in [0.5, 0.6) is 0 Å². The second kappa shape index (κ2) is 3.06. The molecule has 1 aromatic carbocycles. The number of fused-ring (bicyclic) bond motifs is 1. The monoisotopic (exact) mass is 193 g/mol. The molecule has 0 amide bonds. The van der Waals surface area contributed by atoms with Gasteiger partial charge in [0, 0.05) is 11.1 Å². The number of halogens is 1. The average Bonchev–Trinajstić information content (AvgIpc) is 2.50. The van der Waals surface area contributed by atoms with E-state index in [1.165, 1.54) is 0 Å². The lowest BCUT2D eigenvalue weighted by Crippen LogP contribution is -2.30. The van der Waals surface area contributed by atoms with E-state index in [4.69, 9.17) is 5.73 Å². The van der Waals surface area contributed by atoms with E-state index in [1.807, 2.05) is 26.0 Å². The Kier molecular flexibility index (Phi) is 2.11. The van der Waals surface area contributed by atoms with Gasteiger partial charge in [-0.05, 0) is 44.2 Å². The summed E-state index contributed by atoms with van der Waals surface area (Å²) in [6.45, 7) is 3.68. The molecule has 0 atom stereocenters. The fourth-order valence-electron chi connectivity index (χ4n) is 2.12. The van der Waals surface area contributed by atoms with Gasteiger partial charge in [0.05, 0.1) is 0 Å². The average molecular weight is 193 g/mol. The van der Waals surface area contributed by atoms with Crippen molar-refractivity contribution in [3.8, 4) is 0 Å². The van der Waals surface area contributed by atoms with E-state index in [0.29, 0.717) is 5.56 Å². The van der Waals surface area contributed by atoms with Crippen LogP contribution in [0.15, 0.2) is 12.1 Å².